The summed E-state index contributed by atoms with van der Waals surface area (Å²) < 4.78 is 16.1. The lowest BCUT2D eigenvalue weighted by molar-refractivity contribution is 0.308. The highest BCUT2D eigenvalue weighted by Crippen LogP contribution is 2.32. The molecule has 2 aromatic heterocycles. The molecule has 1 atom stereocenters. The van der Waals surface area contributed by atoms with Crippen molar-refractivity contribution in [1.82, 2.24) is 20.0 Å². The maximum atomic E-state index is 5.44. The molecule has 2 heterocycles. The Hall–Kier alpha value is -3.13. The summed E-state index contributed by atoms with van der Waals surface area (Å²) in [6, 6.07) is 9.78. The standard InChI is InChI=1S/C20H25N5O3/c1-13-23-20(28-24-13)15-7-6-10-21-19(15)22-12-16(25(2)3)14-8-9-17(26-4)18(11-14)27-5/h6-11,16H,12H2,1-5H3,(H,21,22). The molecule has 1 aromatic carbocycles. The van der Waals surface area contributed by atoms with Crippen molar-refractivity contribution in [2.24, 2.45) is 0 Å². The molecule has 0 spiro atoms. The van der Waals surface area contributed by atoms with Crippen LogP contribution in [0.3, 0.4) is 0 Å². The Labute approximate surface area is 164 Å². The average Bonchev–Trinajstić information content (AvgIpc) is 3.14. The van der Waals surface area contributed by atoms with Crippen LogP contribution in [-0.2, 0) is 0 Å². The van der Waals surface area contributed by atoms with Crippen LogP contribution in [0.15, 0.2) is 41.1 Å². The summed E-state index contributed by atoms with van der Waals surface area (Å²) in [6.07, 6.45) is 1.73. The monoisotopic (exact) mass is 383 g/mol. The molecule has 1 unspecified atom stereocenters. The summed E-state index contributed by atoms with van der Waals surface area (Å²) in [5, 5.41) is 7.28. The van der Waals surface area contributed by atoms with Gasteiger partial charge >= 0.3 is 0 Å². The van der Waals surface area contributed by atoms with E-state index in [0.717, 1.165) is 11.1 Å². The number of aryl methyl sites for hydroxylation is 1. The second kappa shape index (κ2) is 8.71. The van der Waals surface area contributed by atoms with Crippen molar-refractivity contribution < 1.29 is 14.0 Å². The highest BCUT2D eigenvalue weighted by atomic mass is 16.5. The molecule has 0 amide bonds. The van der Waals surface area contributed by atoms with E-state index >= 15 is 0 Å². The van der Waals surface area contributed by atoms with Crippen LogP contribution in [0.2, 0.25) is 0 Å². The van der Waals surface area contributed by atoms with E-state index < -0.39 is 0 Å². The third-order valence-electron chi connectivity index (χ3n) is 4.44. The van der Waals surface area contributed by atoms with Gasteiger partial charge in [0.1, 0.15) is 5.82 Å². The number of nitrogens with one attached hydrogen (secondary N) is 1. The number of aromatic nitrogens is 3. The van der Waals surface area contributed by atoms with E-state index in [-0.39, 0.29) is 6.04 Å². The molecule has 148 valence electrons. The number of nitrogens with zero attached hydrogens (tertiary/aromatic N) is 4. The van der Waals surface area contributed by atoms with Gasteiger partial charge < -0.3 is 24.2 Å². The molecule has 0 aliphatic carbocycles. The van der Waals surface area contributed by atoms with E-state index in [2.05, 4.69) is 25.3 Å². The summed E-state index contributed by atoms with van der Waals surface area (Å²) >= 11 is 0. The van der Waals surface area contributed by atoms with Crippen LogP contribution in [0.25, 0.3) is 11.5 Å². The molecule has 0 aliphatic rings. The Morgan fingerprint density at radius 3 is 2.57 bits per heavy atom. The van der Waals surface area contributed by atoms with Gasteiger partial charge in [0.25, 0.3) is 5.89 Å². The molecule has 28 heavy (non-hydrogen) atoms. The quantitative estimate of drug-likeness (QED) is 0.635. The van der Waals surface area contributed by atoms with Crippen molar-refractivity contribution in [3.63, 3.8) is 0 Å². The largest absolute Gasteiger partial charge is 0.493 e. The predicted molar refractivity (Wildman–Crippen MR) is 107 cm³/mol. The first-order chi connectivity index (χ1) is 13.5. The predicted octanol–water partition coefficient (Wildman–Crippen LogP) is 3.17. The van der Waals surface area contributed by atoms with Gasteiger partial charge in [-0.2, -0.15) is 4.98 Å². The van der Waals surface area contributed by atoms with E-state index in [9.17, 15) is 0 Å². The van der Waals surface area contributed by atoms with E-state index in [1.165, 1.54) is 0 Å². The molecule has 0 aliphatic heterocycles. The Morgan fingerprint density at radius 1 is 1.14 bits per heavy atom. The molecule has 8 heteroatoms. The van der Waals surface area contributed by atoms with Crippen LogP contribution >= 0.6 is 0 Å². The Morgan fingerprint density at radius 2 is 1.93 bits per heavy atom. The summed E-state index contributed by atoms with van der Waals surface area (Å²) in [6.45, 7) is 2.41. The molecule has 8 nitrogen and oxygen atoms in total. The maximum Gasteiger partial charge on any atom is 0.261 e. The number of pyridine rings is 1. The fourth-order valence-electron chi connectivity index (χ4n) is 2.98. The third-order valence-corrected chi connectivity index (χ3v) is 4.44. The zero-order valence-corrected chi connectivity index (χ0v) is 16.8. The smallest absolute Gasteiger partial charge is 0.261 e. The van der Waals surface area contributed by atoms with Gasteiger partial charge in [0.15, 0.2) is 17.3 Å². The first-order valence-electron chi connectivity index (χ1n) is 8.91. The van der Waals surface area contributed by atoms with Gasteiger partial charge in [-0.3, -0.25) is 0 Å². The summed E-state index contributed by atoms with van der Waals surface area (Å²) in [5.41, 5.74) is 1.87. The van der Waals surface area contributed by atoms with E-state index in [0.29, 0.717) is 35.6 Å². The first kappa shape index (κ1) is 19.6. The summed E-state index contributed by atoms with van der Waals surface area (Å²) in [4.78, 5) is 10.9. The normalized spacial score (nSPS) is 12.1. The van der Waals surface area contributed by atoms with Crippen molar-refractivity contribution >= 4 is 5.82 Å². The number of ether oxygens (including phenoxy) is 2. The highest BCUT2D eigenvalue weighted by molar-refractivity contribution is 5.68. The molecular weight excluding hydrogens is 358 g/mol. The van der Waals surface area contributed by atoms with Crippen LogP contribution in [0.5, 0.6) is 11.5 Å². The van der Waals surface area contributed by atoms with Crippen LogP contribution in [0.4, 0.5) is 5.82 Å². The number of likely N-dealkylation sites (N-methyl/N-ethyl adjacent to an activating group) is 1. The van der Waals surface area contributed by atoms with Crippen molar-refractivity contribution in [3.8, 4) is 23.0 Å². The van der Waals surface area contributed by atoms with Crippen molar-refractivity contribution in [1.29, 1.82) is 0 Å². The first-order valence-corrected chi connectivity index (χ1v) is 8.91. The number of hydrogen-bond donors (Lipinski definition) is 1. The van der Waals surface area contributed by atoms with Gasteiger partial charge in [0.05, 0.1) is 25.8 Å². The molecular formula is C20H25N5O3. The van der Waals surface area contributed by atoms with Gasteiger partial charge in [-0.1, -0.05) is 11.2 Å². The molecule has 0 saturated heterocycles. The van der Waals surface area contributed by atoms with Gasteiger partial charge in [0.2, 0.25) is 0 Å². The van der Waals surface area contributed by atoms with E-state index in [1.54, 1.807) is 27.3 Å². The van der Waals surface area contributed by atoms with Crippen molar-refractivity contribution in [2.45, 2.75) is 13.0 Å². The SMILES string of the molecule is COc1ccc(C(CNc2ncccc2-c2nc(C)no2)N(C)C)cc1OC. The number of hydrogen-bond acceptors (Lipinski definition) is 8. The van der Waals surface area contributed by atoms with Crippen molar-refractivity contribution in [3.05, 3.63) is 47.9 Å². The minimum absolute atomic E-state index is 0.0825. The van der Waals surface area contributed by atoms with Crippen molar-refractivity contribution in [2.75, 3.05) is 40.2 Å². The number of anilines is 1. The van der Waals surface area contributed by atoms with Gasteiger partial charge in [-0.25, -0.2) is 4.98 Å². The molecule has 0 radical (unpaired) electrons. The molecule has 0 bridgehead atoms. The Kier molecular flexibility index (Phi) is 6.10. The summed E-state index contributed by atoms with van der Waals surface area (Å²) in [7, 11) is 7.33. The lowest BCUT2D eigenvalue weighted by Crippen LogP contribution is -2.27. The topological polar surface area (TPSA) is 85.5 Å². The maximum absolute atomic E-state index is 5.44. The van der Waals surface area contributed by atoms with Crippen LogP contribution in [0.1, 0.15) is 17.4 Å². The van der Waals surface area contributed by atoms with Gasteiger partial charge in [-0.05, 0) is 50.8 Å². The lowest BCUT2D eigenvalue weighted by Gasteiger charge is -2.26. The fraction of sp³-hybridized carbons (Fsp3) is 0.350. The minimum Gasteiger partial charge on any atom is -0.493 e. The molecule has 3 rings (SSSR count). The van der Waals surface area contributed by atoms with Crippen LogP contribution in [-0.4, -0.2) is 54.9 Å². The van der Waals surface area contributed by atoms with Crippen LogP contribution < -0.4 is 14.8 Å². The average molecular weight is 383 g/mol. The fourth-order valence-corrected chi connectivity index (χ4v) is 2.98. The molecule has 0 saturated carbocycles. The Bertz CT molecular complexity index is 926. The van der Waals surface area contributed by atoms with Gasteiger partial charge in [-0.15, -0.1) is 0 Å². The van der Waals surface area contributed by atoms with E-state index in [4.69, 9.17) is 14.0 Å². The van der Waals surface area contributed by atoms with Crippen LogP contribution in [0, 0.1) is 6.92 Å². The lowest BCUT2D eigenvalue weighted by atomic mass is 10.0. The molecule has 0 fully saturated rings. The third kappa shape index (κ3) is 4.23. The second-order valence-electron chi connectivity index (χ2n) is 6.52. The zero-order valence-electron chi connectivity index (χ0n) is 16.8. The highest BCUT2D eigenvalue weighted by Gasteiger charge is 2.19. The number of benzene rings is 1. The number of methoxy groups -OCH3 is 2. The summed E-state index contributed by atoms with van der Waals surface area (Å²) in [5.74, 6) is 3.13. The molecule has 3 aromatic rings. The zero-order chi connectivity index (χ0) is 20.1. The van der Waals surface area contributed by atoms with E-state index in [1.807, 2.05) is 44.4 Å². The Balaban J connectivity index is 1.84. The number of rotatable bonds is 8. The minimum atomic E-state index is 0.0825. The van der Waals surface area contributed by atoms with Gasteiger partial charge in [0, 0.05) is 12.7 Å². The second-order valence-corrected chi connectivity index (χ2v) is 6.52. The molecule has 1 N–H and O–H groups in total.